The van der Waals surface area contributed by atoms with Crippen molar-refractivity contribution in [3.05, 3.63) is 4.88 Å². The third-order valence-corrected chi connectivity index (χ3v) is 6.06. The van der Waals surface area contributed by atoms with Crippen LogP contribution in [0.4, 0.5) is 10.7 Å². The molecule has 1 aliphatic rings. The fourth-order valence-corrected chi connectivity index (χ4v) is 4.77. The average molecular weight is 313 g/mol. The van der Waals surface area contributed by atoms with Crippen LogP contribution < -0.4 is 11.1 Å². The van der Waals surface area contributed by atoms with Gasteiger partial charge in [-0.2, -0.15) is 0 Å². The van der Waals surface area contributed by atoms with Crippen molar-refractivity contribution in [3.8, 4) is 0 Å². The van der Waals surface area contributed by atoms with Gasteiger partial charge >= 0.3 is 0 Å². The van der Waals surface area contributed by atoms with E-state index >= 15 is 0 Å². The zero-order valence-electron chi connectivity index (χ0n) is 12.3. The van der Waals surface area contributed by atoms with Crippen LogP contribution >= 0.6 is 23.1 Å². The Morgan fingerprint density at radius 1 is 1.25 bits per heavy atom. The van der Waals surface area contributed by atoms with E-state index in [4.69, 9.17) is 5.73 Å². The van der Waals surface area contributed by atoms with E-state index in [-0.39, 0.29) is 5.78 Å². The number of Topliss-reactive ketones (excluding diaryl/α,β-unsaturated/α-hetero) is 1. The molecule has 0 radical (unpaired) electrons. The van der Waals surface area contributed by atoms with Crippen LogP contribution in [0.5, 0.6) is 0 Å². The van der Waals surface area contributed by atoms with Crippen LogP contribution in [-0.4, -0.2) is 18.1 Å². The average Bonchev–Trinajstić information content (AvgIpc) is 2.69. The van der Waals surface area contributed by atoms with Gasteiger partial charge in [0.05, 0.1) is 15.5 Å². The molecule has 0 saturated heterocycles. The van der Waals surface area contributed by atoms with Gasteiger partial charge in [0, 0.05) is 13.0 Å². The first-order valence-electron chi connectivity index (χ1n) is 7.37. The first kappa shape index (κ1) is 15.7. The predicted octanol–water partition coefficient (Wildman–Crippen LogP) is 4.78. The summed E-state index contributed by atoms with van der Waals surface area (Å²) in [5, 5.41) is 4.74. The van der Waals surface area contributed by atoms with Crippen molar-refractivity contribution in [1.82, 2.24) is 0 Å². The molecule has 2 rings (SSSR count). The lowest BCUT2D eigenvalue weighted by Crippen LogP contribution is -2.20. The second-order valence-corrected chi connectivity index (χ2v) is 7.29. The Labute approximate surface area is 129 Å². The molecule has 5 heteroatoms. The number of anilines is 2. The fourth-order valence-electron chi connectivity index (χ4n) is 2.77. The van der Waals surface area contributed by atoms with Gasteiger partial charge in [0.25, 0.3) is 0 Å². The van der Waals surface area contributed by atoms with E-state index in [0.29, 0.717) is 16.6 Å². The van der Waals surface area contributed by atoms with Gasteiger partial charge in [-0.15, -0.1) is 23.1 Å². The van der Waals surface area contributed by atoms with Gasteiger partial charge in [-0.25, -0.2) is 0 Å². The number of nitrogens with two attached hydrogens (primary N) is 1. The van der Waals surface area contributed by atoms with Crippen LogP contribution in [0.15, 0.2) is 4.90 Å². The van der Waals surface area contributed by atoms with E-state index in [0.717, 1.165) is 9.90 Å². The topological polar surface area (TPSA) is 55.1 Å². The number of rotatable bonds is 4. The standard InChI is InChI=1S/C15H24N2OS2/c1-10(18)13-12(16)14(19-2)15(20-13)17-11-8-6-4-3-5-7-9-11/h11,17H,3-9,16H2,1-2H3. The number of nitrogen functional groups attached to an aromatic ring is 1. The van der Waals surface area contributed by atoms with Crippen molar-refractivity contribution in [3.63, 3.8) is 0 Å². The van der Waals surface area contributed by atoms with Crippen molar-refractivity contribution < 1.29 is 4.79 Å². The van der Waals surface area contributed by atoms with Gasteiger partial charge in [-0.3, -0.25) is 4.79 Å². The zero-order valence-corrected chi connectivity index (χ0v) is 14.0. The Morgan fingerprint density at radius 3 is 2.40 bits per heavy atom. The third kappa shape index (κ3) is 3.70. The number of nitrogens with one attached hydrogen (secondary N) is 1. The van der Waals surface area contributed by atoms with Gasteiger partial charge in [-0.05, 0) is 19.1 Å². The summed E-state index contributed by atoms with van der Waals surface area (Å²) in [7, 11) is 0. The van der Waals surface area contributed by atoms with Crippen LogP contribution in [0, 0.1) is 0 Å². The number of hydrogen-bond acceptors (Lipinski definition) is 5. The summed E-state index contributed by atoms with van der Waals surface area (Å²) in [4.78, 5) is 13.4. The molecule has 1 aromatic rings. The van der Waals surface area contributed by atoms with Crippen molar-refractivity contribution in [2.75, 3.05) is 17.3 Å². The fraction of sp³-hybridized carbons (Fsp3) is 0.667. The quantitative estimate of drug-likeness (QED) is 0.620. The lowest BCUT2D eigenvalue weighted by Gasteiger charge is -2.21. The van der Waals surface area contributed by atoms with Crippen LogP contribution in [0.3, 0.4) is 0 Å². The largest absolute Gasteiger partial charge is 0.396 e. The second kappa shape index (κ2) is 7.36. The van der Waals surface area contributed by atoms with Crippen molar-refractivity contribution in [2.45, 2.75) is 62.8 Å². The van der Waals surface area contributed by atoms with Crippen LogP contribution in [0.25, 0.3) is 0 Å². The van der Waals surface area contributed by atoms with Crippen LogP contribution in [0.1, 0.15) is 61.5 Å². The maximum absolute atomic E-state index is 11.6. The summed E-state index contributed by atoms with van der Waals surface area (Å²) < 4.78 is 0. The summed E-state index contributed by atoms with van der Waals surface area (Å²) in [6, 6.07) is 0.527. The number of thioether (sulfide) groups is 1. The van der Waals surface area contributed by atoms with E-state index in [1.807, 2.05) is 6.26 Å². The Morgan fingerprint density at radius 2 is 1.85 bits per heavy atom. The molecule has 0 amide bonds. The van der Waals surface area contributed by atoms with Crippen molar-refractivity contribution in [1.29, 1.82) is 0 Å². The second-order valence-electron chi connectivity index (χ2n) is 5.45. The van der Waals surface area contributed by atoms with Gasteiger partial charge in [0.2, 0.25) is 0 Å². The molecule has 0 bridgehead atoms. The third-order valence-electron chi connectivity index (χ3n) is 3.86. The summed E-state index contributed by atoms with van der Waals surface area (Å²) in [6.45, 7) is 1.59. The van der Waals surface area contributed by atoms with Crippen molar-refractivity contribution in [2.24, 2.45) is 0 Å². The molecule has 0 aromatic carbocycles. The Balaban J connectivity index is 2.14. The van der Waals surface area contributed by atoms with E-state index in [1.54, 1.807) is 18.7 Å². The first-order chi connectivity index (χ1) is 9.63. The molecule has 20 heavy (non-hydrogen) atoms. The highest BCUT2D eigenvalue weighted by atomic mass is 32.2. The maximum Gasteiger partial charge on any atom is 0.171 e. The lowest BCUT2D eigenvalue weighted by molar-refractivity contribution is 0.102. The first-order valence-corrected chi connectivity index (χ1v) is 9.41. The number of hydrogen-bond donors (Lipinski definition) is 2. The predicted molar refractivity (Wildman–Crippen MR) is 90.2 cm³/mol. The Bertz CT molecular complexity index is 463. The van der Waals surface area contributed by atoms with Gasteiger partial charge in [-0.1, -0.05) is 32.1 Å². The highest BCUT2D eigenvalue weighted by Gasteiger charge is 2.20. The summed E-state index contributed by atoms with van der Waals surface area (Å²) >= 11 is 3.15. The van der Waals surface area contributed by atoms with E-state index in [9.17, 15) is 4.79 Å². The van der Waals surface area contributed by atoms with Gasteiger partial charge in [0.15, 0.2) is 5.78 Å². The molecule has 0 aliphatic heterocycles. The van der Waals surface area contributed by atoms with E-state index in [1.165, 1.54) is 56.3 Å². The zero-order chi connectivity index (χ0) is 14.5. The van der Waals surface area contributed by atoms with E-state index < -0.39 is 0 Å². The maximum atomic E-state index is 11.6. The van der Waals surface area contributed by atoms with E-state index in [2.05, 4.69) is 5.32 Å². The Hall–Kier alpha value is -0.680. The normalized spacial score (nSPS) is 17.5. The van der Waals surface area contributed by atoms with Gasteiger partial charge in [0.1, 0.15) is 5.00 Å². The minimum Gasteiger partial charge on any atom is -0.396 e. The van der Waals surface area contributed by atoms with Gasteiger partial charge < -0.3 is 11.1 Å². The molecule has 3 nitrogen and oxygen atoms in total. The highest BCUT2D eigenvalue weighted by molar-refractivity contribution is 7.99. The number of carbonyl (C=O) groups excluding carboxylic acids is 1. The molecule has 1 aliphatic carbocycles. The summed E-state index contributed by atoms with van der Waals surface area (Å²) in [6.07, 6.45) is 11.1. The smallest absolute Gasteiger partial charge is 0.171 e. The van der Waals surface area contributed by atoms with Crippen LogP contribution in [0.2, 0.25) is 0 Å². The highest BCUT2D eigenvalue weighted by Crippen LogP contribution is 2.42. The molecule has 3 N–H and O–H groups in total. The Kier molecular flexibility index (Phi) is 5.78. The molecule has 1 heterocycles. The molecule has 112 valence electrons. The molecule has 1 saturated carbocycles. The number of ketones is 1. The molecular formula is C15H24N2OS2. The van der Waals surface area contributed by atoms with Crippen LogP contribution in [-0.2, 0) is 0 Å². The molecule has 0 unspecified atom stereocenters. The summed E-state index contributed by atoms with van der Waals surface area (Å²) in [5.41, 5.74) is 6.76. The minimum absolute atomic E-state index is 0.0634. The van der Waals surface area contributed by atoms with Crippen molar-refractivity contribution >= 4 is 39.6 Å². The lowest BCUT2D eigenvalue weighted by atomic mass is 9.97. The SMILES string of the molecule is CSc1c(NC2CCCCCCC2)sc(C(C)=O)c1N. The molecule has 1 aromatic heterocycles. The summed E-state index contributed by atoms with van der Waals surface area (Å²) in [5.74, 6) is 0.0634. The minimum atomic E-state index is 0.0634. The molecule has 1 fully saturated rings. The molecule has 0 atom stereocenters. The molecular weight excluding hydrogens is 288 g/mol. The monoisotopic (exact) mass is 312 g/mol. The molecule has 0 spiro atoms. The number of thiophene rings is 1. The number of carbonyl (C=O) groups is 1.